The van der Waals surface area contributed by atoms with Crippen LogP contribution in [0.25, 0.3) is 0 Å². The Morgan fingerprint density at radius 3 is 2.45 bits per heavy atom. The molecule has 0 aromatic rings. The van der Waals surface area contributed by atoms with E-state index in [1.54, 1.807) is 4.90 Å². The normalized spacial score (nSPS) is 18.3. The highest BCUT2D eigenvalue weighted by molar-refractivity contribution is 4.84. The van der Waals surface area contributed by atoms with Crippen molar-refractivity contribution in [2.45, 2.75) is 25.3 Å². The average Bonchev–Trinajstić information content (AvgIpc) is 2.66. The van der Waals surface area contributed by atoms with Crippen molar-refractivity contribution >= 4 is 0 Å². The van der Waals surface area contributed by atoms with Gasteiger partial charge in [-0.3, -0.25) is 4.90 Å². The summed E-state index contributed by atoms with van der Waals surface area (Å²) in [5.74, 6) is 0. The van der Waals surface area contributed by atoms with Gasteiger partial charge in [-0.05, 0) is 12.8 Å². The quantitative estimate of drug-likeness (QED) is 0.647. The van der Waals surface area contributed by atoms with Crippen LogP contribution in [0.5, 0.6) is 0 Å². The van der Waals surface area contributed by atoms with Crippen LogP contribution in [0.3, 0.4) is 0 Å². The van der Waals surface area contributed by atoms with E-state index in [0.717, 1.165) is 12.8 Å². The predicted octanol–water partition coefficient (Wildman–Crippen LogP) is 0.675. The highest BCUT2D eigenvalue weighted by Gasteiger charge is 2.29. The molecular formula is C7H14F2N2. The summed E-state index contributed by atoms with van der Waals surface area (Å²) in [6.45, 7) is 0.972. The minimum atomic E-state index is -2.22. The Morgan fingerprint density at radius 1 is 1.45 bits per heavy atom. The number of alkyl halides is 2. The maximum atomic E-state index is 11.9. The molecule has 1 saturated carbocycles. The number of hydrogen-bond acceptors (Lipinski definition) is 2. The molecular weight excluding hydrogens is 150 g/mol. The van der Waals surface area contributed by atoms with Crippen molar-refractivity contribution in [3.8, 4) is 0 Å². The standard InChI is InChI=1S/C7H14F2N2/c8-7(9)5-11(4-3-10)6-1-2-6/h6-7H,1-5,10H2. The van der Waals surface area contributed by atoms with Gasteiger partial charge in [-0.25, -0.2) is 8.78 Å². The third kappa shape index (κ3) is 3.12. The third-order valence-corrected chi connectivity index (χ3v) is 1.85. The molecule has 11 heavy (non-hydrogen) atoms. The van der Waals surface area contributed by atoms with Gasteiger partial charge < -0.3 is 5.73 Å². The van der Waals surface area contributed by atoms with Crippen LogP contribution in [0.1, 0.15) is 12.8 Å². The highest BCUT2D eigenvalue weighted by Crippen LogP contribution is 2.26. The van der Waals surface area contributed by atoms with E-state index in [1.807, 2.05) is 0 Å². The van der Waals surface area contributed by atoms with Crippen molar-refractivity contribution in [3.05, 3.63) is 0 Å². The zero-order valence-electron chi connectivity index (χ0n) is 6.47. The van der Waals surface area contributed by atoms with E-state index in [0.29, 0.717) is 19.1 Å². The largest absolute Gasteiger partial charge is 0.329 e. The Hall–Kier alpha value is -0.220. The van der Waals surface area contributed by atoms with Crippen LogP contribution in [0.15, 0.2) is 0 Å². The lowest BCUT2D eigenvalue weighted by atomic mass is 10.4. The Morgan fingerprint density at radius 2 is 2.09 bits per heavy atom. The molecule has 0 spiro atoms. The zero-order chi connectivity index (χ0) is 8.27. The first-order chi connectivity index (χ1) is 5.24. The fraction of sp³-hybridized carbons (Fsp3) is 1.00. The van der Waals surface area contributed by atoms with E-state index in [9.17, 15) is 8.78 Å². The zero-order valence-corrected chi connectivity index (χ0v) is 6.47. The number of halogens is 2. The second-order valence-electron chi connectivity index (χ2n) is 2.91. The van der Waals surface area contributed by atoms with Crippen molar-refractivity contribution in [2.75, 3.05) is 19.6 Å². The van der Waals surface area contributed by atoms with Crippen LogP contribution < -0.4 is 5.73 Å². The van der Waals surface area contributed by atoms with Crippen molar-refractivity contribution in [1.29, 1.82) is 0 Å². The molecule has 0 atom stereocenters. The topological polar surface area (TPSA) is 29.3 Å². The summed E-state index contributed by atoms with van der Waals surface area (Å²) in [6.07, 6.45) is -0.0958. The third-order valence-electron chi connectivity index (χ3n) is 1.85. The lowest BCUT2D eigenvalue weighted by molar-refractivity contribution is 0.0859. The molecule has 2 nitrogen and oxygen atoms in total. The first kappa shape index (κ1) is 8.87. The first-order valence-electron chi connectivity index (χ1n) is 3.96. The Bertz CT molecular complexity index is 115. The minimum Gasteiger partial charge on any atom is -0.329 e. The maximum Gasteiger partial charge on any atom is 0.251 e. The molecule has 1 fully saturated rings. The first-order valence-corrected chi connectivity index (χ1v) is 3.96. The van der Waals surface area contributed by atoms with Gasteiger partial charge in [-0.1, -0.05) is 0 Å². The van der Waals surface area contributed by atoms with E-state index >= 15 is 0 Å². The minimum absolute atomic E-state index is 0.109. The molecule has 1 aliphatic carbocycles. The highest BCUT2D eigenvalue weighted by atomic mass is 19.3. The van der Waals surface area contributed by atoms with Crippen LogP contribution in [0, 0.1) is 0 Å². The number of rotatable bonds is 5. The summed E-state index contributed by atoms with van der Waals surface area (Å²) in [4.78, 5) is 1.78. The monoisotopic (exact) mass is 164 g/mol. The molecule has 4 heteroatoms. The molecule has 0 aromatic carbocycles. The number of nitrogens with two attached hydrogens (primary N) is 1. The van der Waals surface area contributed by atoms with Crippen molar-refractivity contribution < 1.29 is 8.78 Å². The molecule has 1 rings (SSSR count). The van der Waals surface area contributed by atoms with Gasteiger partial charge in [0.05, 0.1) is 6.54 Å². The van der Waals surface area contributed by atoms with E-state index in [4.69, 9.17) is 5.73 Å². The van der Waals surface area contributed by atoms with Crippen molar-refractivity contribution in [3.63, 3.8) is 0 Å². The average molecular weight is 164 g/mol. The molecule has 0 unspecified atom stereocenters. The molecule has 66 valence electrons. The fourth-order valence-electron chi connectivity index (χ4n) is 1.21. The van der Waals surface area contributed by atoms with Crippen LogP contribution >= 0.6 is 0 Å². The SMILES string of the molecule is NCCN(CC(F)F)C1CC1. The molecule has 2 N–H and O–H groups in total. The van der Waals surface area contributed by atoms with Gasteiger partial charge in [0.2, 0.25) is 0 Å². The fourth-order valence-corrected chi connectivity index (χ4v) is 1.21. The summed E-state index contributed by atoms with van der Waals surface area (Å²) >= 11 is 0. The Balaban J connectivity index is 2.20. The lowest BCUT2D eigenvalue weighted by Gasteiger charge is -2.19. The van der Waals surface area contributed by atoms with Crippen LogP contribution in [-0.4, -0.2) is 37.0 Å². The second-order valence-corrected chi connectivity index (χ2v) is 2.91. The Kier molecular flexibility index (Phi) is 3.20. The van der Waals surface area contributed by atoms with Crippen LogP contribution in [0.4, 0.5) is 8.78 Å². The molecule has 0 amide bonds. The smallest absolute Gasteiger partial charge is 0.251 e. The van der Waals surface area contributed by atoms with E-state index in [2.05, 4.69) is 0 Å². The molecule has 0 radical (unpaired) electrons. The van der Waals surface area contributed by atoms with Crippen LogP contribution in [-0.2, 0) is 0 Å². The summed E-state index contributed by atoms with van der Waals surface area (Å²) in [5.41, 5.74) is 5.28. The van der Waals surface area contributed by atoms with E-state index in [1.165, 1.54) is 0 Å². The van der Waals surface area contributed by atoms with Gasteiger partial charge in [0.25, 0.3) is 6.43 Å². The van der Waals surface area contributed by atoms with Gasteiger partial charge >= 0.3 is 0 Å². The van der Waals surface area contributed by atoms with Gasteiger partial charge in [0.1, 0.15) is 0 Å². The predicted molar refractivity (Wildman–Crippen MR) is 39.7 cm³/mol. The molecule has 0 heterocycles. The second kappa shape index (κ2) is 3.97. The van der Waals surface area contributed by atoms with Crippen LogP contribution in [0.2, 0.25) is 0 Å². The number of hydrogen-bond donors (Lipinski definition) is 1. The van der Waals surface area contributed by atoms with Crippen molar-refractivity contribution in [2.24, 2.45) is 5.73 Å². The number of nitrogens with zero attached hydrogens (tertiary/aromatic N) is 1. The summed E-state index contributed by atoms with van der Waals surface area (Å²) in [7, 11) is 0. The summed E-state index contributed by atoms with van der Waals surface area (Å²) in [5, 5.41) is 0. The summed E-state index contributed by atoms with van der Waals surface area (Å²) < 4.78 is 23.8. The van der Waals surface area contributed by atoms with Crippen molar-refractivity contribution in [1.82, 2.24) is 4.90 Å². The maximum absolute atomic E-state index is 11.9. The van der Waals surface area contributed by atoms with Gasteiger partial charge in [0.15, 0.2) is 0 Å². The van der Waals surface area contributed by atoms with E-state index in [-0.39, 0.29) is 6.54 Å². The molecule has 1 aliphatic rings. The van der Waals surface area contributed by atoms with Gasteiger partial charge in [-0.2, -0.15) is 0 Å². The van der Waals surface area contributed by atoms with Gasteiger partial charge in [0, 0.05) is 19.1 Å². The molecule has 0 bridgehead atoms. The van der Waals surface area contributed by atoms with E-state index < -0.39 is 6.43 Å². The Labute approximate surface area is 65.4 Å². The van der Waals surface area contributed by atoms with Gasteiger partial charge in [-0.15, -0.1) is 0 Å². The molecule has 0 saturated heterocycles. The summed E-state index contributed by atoms with van der Waals surface area (Å²) in [6, 6.07) is 0.396. The molecule has 0 aliphatic heterocycles. The lowest BCUT2D eigenvalue weighted by Crippen LogP contribution is -2.35. The molecule has 0 aromatic heterocycles.